The van der Waals surface area contributed by atoms with Gasteiger partial charge in [-0.15, -0.1) is 0 Å². The molecule has 0 aromatic carbocycles. The van der Waals surface area contributed by atoms with Gasteiger partial charge in [0.15, 0.2) is 0 Å². The van der Waals surface area contributed by atoms with E-state index < -0.39 is 17.5 Å². The molecule has 6 nitrogen and oxygen atoms in total. The van der Waals surface area contributed by atoms with E-state index in [1.165, 1.54) is 7.11 Å². The molecule has 18 heavy (non-hydrogen) atoms. The van der Waals surface area contributed by atoms with Crippen molar-refractivity contribution in [1.29, 1.82) is 0 Å². The minimum atomic E-state index is -0.929. The normalized spacial score (nSPS) is 25.4. The Morgan fingerprint density at radius 3 is 2.78 bits per heavy atom. The van der Waals surface area contributed by atoms with Crippen LogP contribution >= 0.6 is 0 Å². The number of carbonyl (C=O) groups excluding carboxylic acids is 1. The van der Waals surface area contributed by atoms with Crippen molar-refractivity contribution in [3.63, 3.8) is 0 Å². The highest BCUT2D eigenvalue weighted by atomic mass is 16.5. The third-order valence-electron chi connectivity index (χ3n) is 3.37. The van der Waals surface area contributed by atoms with Crippen molar-refractivity contribution in [3.8, 4) is 0 Å². The first-order valence-corrected chi connectivity index (χ1v) is 6.21. The quantitative estimate of drug-likeness (QED) is 0.623. The first kappa shape index (κ1) is 14.9. The Labute approximate surface area is 107 Å². The summed E-state index contributed by atoms with van der Waals surface area (Å²) in [4.78, 5) is 22.6. The molecule has 104 valence electrons. The molecule has 0 spiro atoms. The third-order valence-corrected chi connectivity index (χ3v) is 3.37. The smallest absolute Gasteiger partial charge is 0.306 e. The van der Waals surface area contributed by atoms with Crippen LogP contribution in [0, 0.1) is 5.41 Å². The average molecular weight is 258 g/mol. The largest absolute Gasteiger partial charge is 0.481 e. The van der Waals surface area contributed by atoms with Gasteiger partial charge in [0.05, 0.1) is 17.9 Å². The summed E-state index contributed by atoms with van der Waals surface area (Å²) in [5.41, 5.74) is -0.403. The van der Waals surface area contributed by atoms with Crippen LogP contribution in [0.1, 0.15) is 26.2 Å². The minimum absolute atomic E-state index is 0.0397. The monoisotopic (exact) mass is 258 g/mol. The number of carbonyl (C=O) groups is 2. The lowest BCUT2D eigenvalue weighted by Gasteiger charge is -2.33. The number of piperidine rings is 1. The van der Waals surface area contributed by atoms with E-state index in [9.17, 15) is 9.59 Å². The second-order valence-electron chi connectivity index (χ2n) is 5.01. The molecule has 2 unspecified atom stereocenters. The van der Waals surface area contributed by atoms with Gasteiger partial charge in [-0.1, -0.05) is 0 Å². The van der Waals surface area contributed by atoms with Crippen LogP contribution < -0.4 is 10.6 Å². The van der Waals surface area contributed by atoms with Gasteiger partial charge >= 0.3 is 5.97 Å². The van der Waals surface area contributed by atoms with Crippen molar-refractivity contribution < 1.29 is 19.4 Å². The van der Waals surface area contributed by atoms with Gasteiger partial charge in [0, 0.05) is 20.2 Å². The molecule has 1 fully saturated rings. The molecule has 0 aromatic heterocycles. The lowest BCUT2D eigenvalue weighted by molar-refractivity contribution is -0.140. The highest BCUT2D eigenvalue weighted by Crippen LogP contribution is 2.25. The number of hydrogen-bond donors (Lipinski definition) is 3. The van der Waals surface area contributed by atoms with E-state index in [2.05, 4.69) is 10.6 Å². The number of nitrogens with one attached hydrogen (secondary N) is 2. The molecule has 0 aromatic rings. The number of aliphatic carboxylic acids is 1. The van der Waals surface area contributed by atoms with E-state index in [0.717, 1.165) is 19.4 Å². The van der Waals surface area contributed by atoms with E-state index in [-0.39, 0.29) is 18.9 Å². The van der Waals surface area contributed by atoms with Crippen molar-refractivity contribution >= 4 is 11.9 Å². The van der Waals surface area contributed by atoms with Crippen LogP contribution in [0.3, 0.4) is 0 Å². The molecule has 1 aliphatic heterocycles. The summed E-state index contributed by atoms with van der Waals surface area (Å²) in [5, 5.41) is 14.7. The predicted molar refractivity (Wildman–Crippen MR) is 66.3 cm³/mol. The topological polar surface area (TPSA) is 87.7 Å². The molecule has 2 atom stereocenters. The Morgan fingerprint density at radius 2 is 2.28 bits per heavy atom. The van der Waals surface area contributed by atoms with E-state index in [1.807, 2.05) is 6.92 Å². The number of hydrogen-bond acceptors (Lipinski definition) is 4. The zero-order valence-corrected chi connectivity index (χ0v) is 11.0. The van der Waals surface area contributed by atoms with Gasteiger partial charge in [0.1, 0.15) is 0 Å². The first-order chi connectivity index (χ1) is 8.48. The maximum Gasteiger partial charge on any atom is 0.306 e. The summed E-state index contributed by atoms with van der Waals surface area (Å²) in [6.45, 7) is 3.77. The van der Waals surface area contributed by atoms with Gasteiger partial charge in [-0.05, 0) is 26.3 Å². The van der Waals surface area contributed by atoms with Crippen LogP contribution in [0.25, 0.3) is 0 Å². The molecular weight excluding hydrogens is 236 g/mol. The molecule has 3 N–H and O–H groups in total. The number of methoxy groups -OCH3 is 1. The lowest BCUT2D eigenvalue weighted by atomic mass is 9.82. The summed E-state index contributed by atoms with van der Waals surface area (Å²) in [5.74, 6) is -0.969. The van der Waals surface area contributed by atoms with Gasteiger partial charge in [-0.25, -0.2) is 0 Å². The number of carboxylic acids is 1. The molecule has 6 heteroatoms. The zero-order chi connectivity index (χ0) is 13.6. The highest BCUT2D eigenvalue weighted by molar-refractivity contribution is 5.82. The molecule has 0 bridgehead atoms. The Morgan fingerprint density at radius 1 is 1.56 bits per heavy atom. The van der Waals surface area contributed by atoms with Gasteiger partial charge in [0.2, 0.25) is 5.91 Å². The van der Waals surface area contributed by atoms with Crippen molar-refractivity contribution in [2.75, 3.05) is 26.7 Å². The highest BCUT2D eigenvalue weighted by Gasteiger charge is 2.34. The van der Waals surface area contributed by atoms with Gasteiger partial charge in [-0.2, -0.15) is 0 Å². The fourth-order valence-corrected chi connectivity index (χ4v) is 2.10. The van der Waals surface area contributed by atoms with Crippen LogP contribution in [-0.2, 0) is 14.3 Å². The summed E-state index contributed by atoms with van der Waals surface area (Å²) < 4.78 is 5.02. The van der Waals surface area contributed by atoms with Crippen LogP contribution in [0.5, 0.6) is 0 Å². The maximum atomic E-state index is 12.1. The molecule has 1 saturated heterocycles. The second-order valence-corrected chi connectivity index (χ2v) is 5.01. The van der Waals surface area contributed by atoms with Gasteiger partial charge < -0.3 is 20.5 Å². The second kappa shape index (κ2) is 6.70. The fraction of sp³-hybridized carbons (Fsp3) is 0.833. The Kier molecular flexibility index (Phi) is 5.55. The summed E-state index contributed by atoms with van der Waals surface area (Å²) >= 11 is 0. The predicted octanol–water partition coefficient (Wildman–Crippen LogP) is -0.0180. The number of rotatable bonds is 6. The van der Waals surface area contributed by atoms with Crippen molar-refractivity contribution in [1.82, 2.24) is 10.6 Å². The summed E-state index contributed by atoms with van der Waals surface area (Å²) in [7, 11) is 1.45. The molecule has 0 radical (unpaired) electrons. The molecule has 0 saturated carbocycles. The van der Waals surface area contributed by atoms with Crippen LogP contribution in [0.4, 0.5) is 0 Å². The van der Waals surface area contributed by atoms with Crippen molar-refractivity contribution in [2.45, 2.75) is 32.3 Å². The average Bonchev–Trinajstić information content (AvgIpc) is 2.34. The lowest BCUT2D eigenvalue weighted by Crippen LogP contribution is -2.50. The van der Waals surface area contributed by atoms with E-state index in [4.69, 9.17) is 9.84 Å². The molecule has 1 rings (SSSR count). The molecule has 1 heterocycles. The Hall–Kier alpha value is -1.14. The van der Waals surface area contributed by atoms with Crippen LogP contribution in [0.2, 0.25) is 0 Å². The molecule has 1 amide bonds. The zero-order valence-electron chi connectivity index (χ0n) is 11.0. The van der Waals surface area contributed by atoms with E-state index in [0.29, 0.717) is 6.54 Å². The SMILES string of the molecule is COC(CNC(=O)C1(C)CCCNC1)CC(=O)O. The number of ether oxygens (including phenoxy) is 1. The minimum Gasteiger partial charge on any atom is -0.481 e. The van der Waals surface area contributed by atoms with Crippen LogP contribution in [0.15, 0.2) is 0 Å². The van der Waals surface area contributed by atoms with E-state index >= 15 is 0 Å². The standard InChI is InChI=1S/C12H22N2O4/c1-12(4-3-5-13-8-12)11(17)14-7-9(18-2)6-10(15)16/h9,13H,3-8H2,1-2H3,(H,14,17)(H,15,16). The van der Waals surface area contributed by atoms with Gasteiger partial charge in [-0.3, -0.25) is 9.59 Å². The van der Waals surface area contributed by atoms with Gasteiger partial charge in [0.25, 0.3) is 0 Å². The van der Waals surface area contributed by atoms with Crippen molar-refractivity contribution in [2.24, 2.45) is 5.41 Å². The Bertz CT molecular complexity index is 300. The molecule has 0 aliphatic carbocycles. The van der Waals surface area contributed by atoms with E-state index in [1.54, 1.807) is 0 Å². The third kappa shape index (κ3) is 4.27. The molecule has 1 aliphatic rings. The van der Waals surface area contributed by atoms with Crippen LogP contribution in [-0.4, -0.2) is 49.8 Å². The summed E-state index contributed by atoms with van der Waals surface area (Å²) in [6.07, 6.45) is 1.24. The molecular formula is C12H22N2O4. The maximum absolute atomic E-state index is 12.1. The Balaban J connectivity index is 2.41. The number of amides is 1. The van der Waals surface area contributed by atoms with Crippen molar-refractivity contribution in [3.05, 3.63) is 0 Å². The number of carboxylic acid groups (broad SMARTS) is 1. The first-order valence-electron chi connectivity index (χ1n) is 6.21. The fourth-order valence-electron chi connectivity index (χ4n) is 2.10. The summed E-state index contributed by atoms with van der Waals surface area (Å²) in [6, 6.07) is 0.